The Morgan fingerprint density at radius 1 is 1.04 bits per heavy atom. The van der Waals surface area contributed by atoms with Crippen molar-refractivity contribution >= 4 is 12.0 Å². The monoisotopic (exact) mass is 320 g/mol. The average molecular weight is 320 g/mol. The van der Waals surface area contributed by atoms with E-state index in [0.29, 0.717) is 29.4 Å². The summed E-state index contributed by atoms with van der Waals surface area (Å²) in [6.45, 7) is 0. The van der Waals surface area contributed by atoms with E-state index in [1.54, 1.807) is 27.4 Å². The van der Waals surface area contributed by atoms with Crippen LogP contribution in [0.4, 0.5) is 0 Å². The van der Waals surface area contributed by atoms with Crippen molar-refractivity contribution in [1.29, 1.82) is 0 Å². The number of methoxy groups -OCH3 is 4. The minimum atomic E-state index is -0.410. The molecular weight excluding hydrogens is 300 g/mol. The predicted octanol–water partition coefficient (Wildman–Crippen LogP) is 2.57. The molecule has 0 amide bonds. The van der Waals surface area contributed by atoms with Gasteiger partial charge in [-0.05, 0) is 23.8 Å². The van der Waals surface area contributed by atoms with Gasteiger partial charge in [-0.25, -0.2) is 4.79 Å². The Balaban J connectivity index is 2.23. The number of carbonyl (C=O) groups is 1. The summed E-state index contributed by atoms with van der Waals surface area (Å²) in [4.78, 5) is 11.5. The fourth-order valence-corrected chi connectivity index (χ4v) is 2.28. The third-order valence-electron chi connectivity index (χ3n) is 3.40. The first-order valence-corrected chi connectivity index (χ1v) is 7.04. The lowest BCUT2D eigenvalue weighted by Crippen LogP contribution is -2.21. The van der Waals surface area contributed by atoms with E-state index in [-0.39, 0.29) is 6.10 Å². The molecule has 1 atom stereocenters. The molecule has 6 nitrogen and oxygen atoms in total. The second-order valence-electron chi connectivity index (χ2n) is 4.81. The number of hydrogen-bond acceptors (Lipinski definition) is 6. The molecule has 1 aliphatic rings. The summed E-state index contributed by atoms with van der Waals surface area (Å²) in [5, 5.41) is 0. The first-order valence-electron chi connectivity index (χ1n) is 7.04. The van der Waals surface area contributed by atoms with Crippen LogP contribution >= 0.6 is 0 Å². The van der Waals surface area contributed by atoms with Crippen LogP contribution in [-0.4, -0.2) is 40.5 Å². The van der Waals surface area contributed by atoms with Crippen molar-refractivity contribution in [3.63, 3.8) is 0 Å². The second kappa shape index (κ2) is 7.58. The Hall–Kier alpha value is -2.63. The van der Waals surface area contributed by atoms with Gasteiger partial charge < -0.3 is 23.7 Å². The van der Waals surface area contributed by atoms with E-state index in [9.17, 15) is 4.79 Å². The molecule has 1 aromatic rings. The molecule has 1 aliphatic heterocycles. The van der Waals surface area contributed by atoms with Crippen molar-refractivity contribution in [3.8, 4) is 17.2 Å². The highest BCUT2D eigenvalue weighted by atomic mass is 16.6. The first kappa shape index (κ1) is 16.7. The number of hydrogen-bond donors (Lipinski definition) is 0. The van der Waals surface area contributed by atoms with Gasteiger partial charge in [0.2, 0.25) is 5.75 Å². The van der Waals surface area contributed by atoms with Gasteiger partial charge in [-0.1, -0.05) is 6.08 Å². The molecular formula is C17H20O6. The van der Waals surface area contributed by atoms with Crippen LogP contribution in [0, 0.1) is 0 Å². The lowest BCUT2D eigenvalue weighted by atomic mass is 10.1. The normalized spacial score (nSPS) is 17.5. The molecule has 124 valence electrons. The minimum Gasteiger partial charge on any atom is -0.501 e. The number of cyclic esters (lactones) is 1. The van der Waals surface area contributed by atoms with Gasteiger partial charge in [0.05, 0.1) is 34.5 Å². The Morgan fingerprint density at radius 3 is 2.22 bits per heavy atom. The second-order valence-corrected chi connectivity index (χ2v) is 4.81. The number of benzene rings is 1. The van der Waals surface area contributed by atoms with Crippen LogP contribution in [0.15, 0.2) is 30.0 Å². The Morgan fingerprint density at radius 2 is 1.70 bits per heavy atom. The number of ether oxygens (including phenoxy) is 5. The first-order chi connectivity index (χ1) is 11.1. The van der Waals surface area contributed by atoms with Crippen LogP contribution in [0.25, 0.3) is 6.08 Å². The lowest BCUT2D eigenvalue weighted by molar-refractivity contribution is -0.142. The van der Waals surface area contributed by atoms with Crippen LogP contribution < -0.4 is 14.2 Å². The minimum absolute atomic E-state index is 0.374. The summed E-state index contributed by atoms with van der Waals surface area (Å²) in [5.74, 6) is 1.84. The van der Waals surface area contributed by atoms with Crippen molar-refractivity contribution in [2.24, 2.45) is 0 Å². The van der Waals surface area contributed by atoms with E-state index < -0.39 is 5.97 Å². The van der Waals surface area contributed by atoms with Gasteiger partial charge in [0.25, 0.3) is 0 Å². The van der Waals surface area contributed by atoms with Crippen molar-refractivity contribution in [1.82, 2.24) is 0 Å². The van der Waals surface area contributed by atoms with Crippen molar-refractivity contribution in [2.75, 3.05) is 28.4 Å². The third kappa shape index (κ3) is 3.97. The molecule has 2 rings (SSSR count). The highest BCUT2D eigenvalue weighted by Gasteiger charge is 2.20. The van der Waals surface area contributed by atoms with Gasteiger partial charge in [0.1, 0.15) is 11.9 Å². The lowest BCUT2D eigenvalue weighted by Gasteiger charge is -2.19. The van der Waals surface area contributed by atoms with E-state index in [1.165, 1.54) is 13.2 Å². The maximum absolute atomic E-state index is 11.5. The predicted molar refractivity (Wildman–Crippen MR) is 84.7 cm³/mol. The molecule has 1 heterocycles. The maximum atomic E-state index is 11.5. The standard InChI is InChI=1S/C17H20O6/c1-19-13-9-12(23-16(18)10-13)6-5-11-7-14(20-2)17(22-4)15(8-11)21-3/h5-8,10,12H,9H2,1-4H3/b6-5+. The van der Waals surface area contributed by atoms with Crippen LogP contribution in [0.2, 0.25) is 0 Å². The molecule has 0 saturated heterocycles. The molecule has 0 radical (unpaired) electrons. The molecule has 1 aromatic carbocycles. The topological polar surface area (TPSA) is 63.2 Å². The van der Waals surface area contributed by atoms with Crippen molar-refractivity contribution in [2.45, 2.75) is 12.5 Å². The van der Waals surface area contributed by atoms with Gasteiger partial charge >= 0.3 is 5.97 Å². The summed E-state index contributed by atoms with van der Waals surface area (Å²) < 4.78 is 26.2. The van der Waals surface area contributed by atoms with Gasteiger partial charge in [0, 0.05) is 6.42 Å². The fourth-order valence-electron chi connectivity index (χ4n) is 2.28. The number of carbonyl (C=O) groups excluding carboxylic acids is 1. The van der Waals surface area contributed by atoms with Gasteiger partial charge in [-0.3, -0.25) is 0 Å². The molecule has 0 saturated carbocycles. The number of esters is 1. The quantitative estimate of drug-likeness (QED) is 0.751. The largest absolute Gasteiger partial charge is 0.501 e. The molecule has 0 fully saturated rings. The highest BCUT2D eigenvalue weighted by Crippen LogP contribution is 2.38. The van der Waals surface area contributed by atoms with E-state index in [1.807, 2.05) is 18.2 Å². The van der Waals surface area contributed by atoms with Crippen LogP contribution in [0.1, 0.15) is 12.0 Å². The van der Waals surface area contributed by atoms with E-state index in [4.69, 9.17) is 23.7 Å². The Labute approximate surface area is 135 Å². The SMILES string of the molecule is COC1=CC(=O)OC(/C=C/c2cc(OC)c(OC)c(OC)c2)C1. The smallest absolute Gasteiger partial charge is 0.334 e. The summed E-state index contributed by atoms with van der Waals surface area (Å²) >= 11 is 0. The van der Waals surface area contributed by atoms with Gasteiger partial charge in [-0.15, -0.1) is 0 Å². The van der Waals surface area contributed by atoms with Crippen LogP contribution in [-0.2, 0) is 14.3 Å². The summed E-state index contributed by atoms with van der Waals surface area (Å²) in [5.41, 5.74) is 0.837. The molecule has 0 spiro atoms. The summed E-state index contributed by atoms with van der Waals surface area (Å²) in [7, 11) is 6.20. The van der Waals surface area contributed by atoms with Crippen molar-refractivity contribution in [3.05, 3.63) is 35.6 Å². The molecule has 23 heavy (non-hydrogen) atoms. The van der Waals surface area contributed by atoms with E-state index >= 15 is 0 Å². The summed E-state index contributed by atoms with van der Waals surface area (Å²) in [6.07, 6.45) is 5.11. The molecule has 0 aromatic heterocycles. The average Bonchev–Trinajstić information content (AvgIpc) is 2.58. The Bertz CT molecular complexity index is 607. The molecule has 0 N–H and O–H groups in total. The third-order valence-corrected chi connectivity index (χ3v) is 3.40. The van der Waals surface area contributed by atoms with Crippen LogP contribution in [0.5, 0.6) is 17.2 Å². The zero-order valence-corrected chi connectivity index (χ0v) is 13.6. The van der Waals surface area contributed by atoms with Crippen LogP contribution in [0.3, 0.4) is 0 Å². The molecule has 0 bridgehead atoms. The molecule has 6 heteroatoms. The number of rotatable bonds is 6. The van der Waals surface area contributed by atoms with Gasteiger partial charge in [-0.2, -0.15) is 0 Å². The van der Waals surface area contributed by atoms with Gasteiger partial charge in [0.15, 0.2) is 11.5 Å². The van der Waals surface area contributed by atoms with E-state index in [0.717, 1.165) is 5.56 Å². The highest BCUT2D eigenvalue weighted by molar-refractivity contribution is 5.83. The van der Waals surface area contributed by atoms with Crippen molar-refractivity contribution < 1.29 is 28.5 Å². The Kier molecular flexibility index (Phi) is 5.51. The molecule has 0 aliphatic carbocycles. The zero-order valence-electron chi connectivity index (χ0n) is 13.6. The molecule has 1 unspecified atom stereocenters. The van der Waals surface area contributed by atoms with E-state index in [2.05, 4.69) is 0 Å². The fraction of sp³-hybridized carbons (Fsp3) is 0.353. The maximum Gasteiger partial charge on any atom is 0.334 e. The zero-order chi connectivity index (χ0) is 16.8. The summed E-state index contributed by atoms with van der Waals surface area (Å²) in [6, 6.07) is 3.63.